The van der Waals surface area contributed by atoms with E-state index in [4.69, 9.17) is 19.6 Å². The minimum atomic E-state index is -4.51. The molecule has 18 heavy (non-hydrogen) atoms. The van der Waals surface area contributed by atoms with Gasteiger partial charge in [0.15, 0.2) is 0 Å². The van der Waals surface area contributed by atoms with Crippen LogP contribution >= 0.6 is 7.82 Å². The van der Waals surface area contributed by atoms with Gasteiger partial charge in [-0.15, -0.1) is 0 Å². The molecule has 0 aliphatic heterocycles. The van der Waals surface area contributed by atoms with Crippen LogP contribution in [0.2, 0.25) is 0 Å². The number of phosphoric acid groups is 1. The Morgan fingerprint density at radius 3 is 2.44 bits per heavy atom. The molecule has 1 aromatic rings. The lowest BCUT2D eigenvalue weighted by molar-refractivity contribution is 0.156. The summed E-state index contributed by atoms with van der Waals surface area (Å²) in [4.78, 5) is 34.3. The zero-order valence-electron chi connectivity index (χ0n) is 8.89. The maximum atomic E-state index is 10.3. The summed E-state index contributed by atoms with van der Waals surface area (Å²) >= 11 is 0. The zero-order valence-corrected chi connectivity index (χ0v) is 9.78. The van der Waals surface area contributed by atoms with Gasteiger partial charge in [-0.3, -0.25) is 9.84 Å². The van der Waals surface area contributed by atoms with Crippen LogP contribution in [-0.2, 0) is 9.09 Å². The van der Waals surface area contributed by atoms with E-state index in [1.54, 1.807) is 0 Å². The van der Waals surface area contributed by atoms with Crippen molar-refractivity contribution in [3.8, 4) is 6.01 Å². The number of amides is 1. The summed E-state index contributed by atoms with van der Waals surface area (Å²) in [6.45, 7) is -0.487. The van der Waals surface area contributed by atoms with Crippen LogP contribution in [0.4, 0.5) is 10.5 Å². The number of ether oxygens (including phenoxy) is 1. The minimum absolute atomic E-state index is 0.0692. The number of carboxylic acid groups (broad SMARTS) is 1. The first-order valence-electron chi connectivity index (χ1n) is 4.52. The second kappa shape index (κ2) is 6.26. The number of nitrogens with zero attached hydrogens (tertiary/aromatic N) is 2. The normalized spacial score (nSPS) is 11.0. The van der Waals surface area contributed by atoms with Crippen molar-refractivity contribution in [3.63, 3.8) is 0 Å². The average molecular weight is 279 g/mol. The molecule has 0 saturated carbocycles. The molecule has 100 valence electrons. The maximum absolute atomic E-state index is 10.3. The molecule has 10 nitrogen and oxygen atoms in total. The number of nitrogens with one attached hydrogen (secondary N) is 1. The number of phosphoric ester groups is 1. The maximum Gasteiger partial charge on any atom is 0.469 e. The van der Waals surface area contributed by atoms with Crippen LogP contribution in [0, 0.1) is 0 Å². The Bertz CT molecular complexity index is 445. The van der Waals surface area contributed by atoms with E-state index in [0.29, 0.717) is 0 Å². The number of carbonyl (C=O) groups is 1. The molecule has 0 atom stereocenters. The van der Waals surface area contributed by atoms with E-state index >= 15 is 0 Å². The van der Waals surface area contributed by atoms with Crippen molar-refractivity contribution in [1.82, 2.24) is 9.97 Å². The molecule has 4 N–H and O–H groups in total. The lowest BCUT2D eigenvalue weighted by atomic mass is 10.5. The molecule has 0 saturated heterocycles. The van der Waals surface area contributed by atoms with E-state index in [0.717, 1.165) is 0 Å². The third-order valence-corrected chi connectivity index (χ3v) is 1.97. The van der Waals surface area contributed by atoms with Gasteiger partial charge in [-0.05, 0) is 0 Å². The van der Waals surface area contributed by atoms with Crippen molar-refractivity contribution in [2.45, 2.75) is 0 Å². The smallest absolute Gasteiger partial charge is 0.465 e. The van der Waals surface area contributed by atoms with Crippen molar-refractivity contribution in [1.29, 1.82) is 0 Å². The van der Waals surface area contributed by atoms with E-state index < -0.39 is 13.9 Å². The molecule has 1 rings (SSSR count). The molecule has 0 unspecified atom stereocenters. The van der Waals surface area contributed by atoms with Crippen molar-refractivity contribution in [3.05, 3.63) is 12.4 Å². The Morgan fingerprint density at radius 2 is 1.94 bits per heavy atom. The molecule has 0 aliphatic carbocycles. The Balaban J connectivity index is 2.35. The quantitative estimate of drug-likeness (QED) is 0.418. The molecule has 0 bridgehead atoms. The molecule has 0 fully saturated rings. The Hall–Kier alpha value is -1.74. The van der Waals surface area contributed by atoms with Crippen LogP contribution in [0.5, 0.6) is 6.01 Å². The highest BCUT2D eigenvalue weighted by Crippen LogP contribution is 2.35. The van der Waals surface area contributed by atoms with Gasteiger partial charge in [0.05, 0.1) is 24.7 Å². The van der Waals surface area contributed by atoms with Gasteiger partial charge in [-0.2, -0.15) is 0 Å². The largest absolute Gasteiger partial charge is 0.469 e. The van der Waals surface area contributed by atoms with Crippen LogP contribution < -0.4 is 10.1 Å². The topological polar surface area (TPSA) is 151 Å². The Labute approximate surface area is 101 Å². The molecular weight excluding hydrogens is 269 g/mol. The lowest BCUT2D eigenvalue weighted by Crippen LogP contribution is -2.10. The Morgan fingerprint density at radius 1 is 1.33 bits per heavy atom. The first kappa shape index (κ1) is 14.3. The summed E-state index contributed by atoms with van der Waals surface area (Å²) in [5.74, 6) is 0. The highest BCUT2D eigenvalue weighted by molar-refractivity contribution is 7.46. The van der Waals surface area contributed by atoms with Crippen molar-refractivity contribution >= 4 is 19.6 Å². The van der Waals surface area contributed by atoms with E-state index in [1.807, 2.05) is 5.32 Å². The average Bonchev–Trinajstić information content (AvgIpc) is 2.24. The zero-order chi connectivity index (χ0) is 13.6. The second-order valence-electron chi connectivity index (χ2n) is 2.86. The van der Waals surface area contributed by atoms with Crippen LogP contribution in [-0.4, -0.2) is 44.2 Å². The van der Waals surface area contributed by atoms with Gasteiger partial charge >= 0.3 is 19.9 Å². The highest BCUT2D eigenvalue weighted by atomic mass is 31.2. The number of hydrogen-bond donors (Lipinski definition) is 4. The van der Waals surface area contributed by atoms with Crippen LogP contribution in [0.3, 0.4) is 0 Å². The molecule has 11 heteroatoms. The highest BCUT2D eigenvalue weighted by Gasteiger charge is 2.13. The predicted octanol–water partition coefficient (Wildman–Crippen LogP) is 0.0546. The fourth-order valence-corrected chi connectivity index (χ4v) is 1.18. The van der Waals surface area contributed by atoms with Crippen LogP contribution in [0.1, 0.15) is 0 Å². The molecule has 0 radical (unpaired) electrons. The summed E-state index contributed by atoms with van der Waals surface area (Å²) < 4.78 is 19.3. The van der Waals surface area contributed by atoms with Gasteiger partial charge in [0.2, 0.25) is 0 Å². The van der Waals surface area contributed by atoms with Crippen molar-refractivity contribution < 1.29 is 33.5 Å². The first-order chi connectivity index (χ1) is 8.37. The van der Waals surface area contributed by atoms with E-state index in [2.05, 4.69) is 14.5 Å². The lowest BCUT2D eigenvalue weighted by Gasteiger charge is -2.06. The molecule has 1 amide bonds. The third-order valence-electron chi connectivity index (χ3n) is 1.45. The molecule has 1 aromatic heterocycles. The van der Waals surface area contributed by atoms with Crippen LogP contribution in [0.15, 0.2) is 12.4 Å². The SMILES string of the molecule is O=C(O)Nc1cnc(OCCOP(=O)(O)O)nc1. The van der Waals surface area contributed by atoms with E-state index in [1.165, 1.54) is 12.4 Å². The van der Waals surface area contributed by atoms with Gasteiger partial charge in [-0.1, -0.05) is 0 Å². The summed E-state index contributed by atoms with van der Waals surface area (Å²) in [7, 11) is -4.51. The number of aromatic nitrogens is 2. The standard InChI is InChI=1S/C7H10N3O7P/c11-7(12)10-5-3-8-6(9-4-5)16-1-2-17-18(13,14)15/h3-4,10H,1-2H2,(H,11,12)(H2,13,14,15). The summed E-state index contributed by atoms with van der Waals surface area (Å²) in [6, 6.07) is -0.0692. The van der Waals surface area contributed by atoms with Gasteiger partial charge in [-0.25, -0.2) is 19.3 Å². The number of rotatable bonds is 6. The van der Waals surface area contributed by atoms with Gasteiger partial charge in [0.25, 0.3) is 0 Å². The summed E-state index contributed by atoms with van der Waals surface area (Å²) in [6.07, 6.45) is 1.11. The van der Waals surface area contributed by atoms with Gasteiger partial charge < -0.3 is 19.6 Å². The van der Waals surface area contributed by atoms with Gasteiger partial charge in [0, 0.05) is 0 Å². The third kappa shape index (κ3) is 6.11. The van der Waals surface area contributed by atoms with Crippen molar-refractivity contribution in [2.75, 3.05) is 18.5 Å². The monoisotopic (exact) mass is 279 g/mol. The fourth-order valence-electron chi connectivity index (χ4n) is 0.868. The fraction of sp³-hybridized carbons (Fsp3) is 0.286. The van der Waals surface area contributed by atoms with Crippen LogP contribution in [0.25, 0.3) is 0 Å². The molecular formula is C7H10N3O7P. The van der Waals surface area contributed by atoms with E-state index in [9.17, 15) is 9.36 Å². The second-order valence-corrected chi connectivity index (χ2v) is 4.10. The summed E-state index contributed by atoms with van der Waals surface area (Å²) in [5.41, 5.74) is 0.168. The molecule has 0 spiro atoms. The molecule has 0 aromatic carbocycles. The minimum Gasteiger partial charge on any atom is -0.465 e. The van der Waals surface area contributed by atoms with Gasteiger partial charge in [0.1, 0.15) is 6.61 Å². The van der Waals surface area contributed by atoms with Crippen molar-refractivity contribution in [2.24, 2.45) is 0 Å². The first-order valence-corrected chi connectivity index (χ1v) is 6.05. The predicted molar refractivity (Wildman–Crippen MR) is 57.2 cm³/mol. The summed E-state index contributed by atoms with van der Waals surface area (Å²) in [5, 5.41) is 10.4. The number of hydrogen-bond acceptors (Lipinski definition) is 6. The number of anilines is 1. The van der Waals surface area contributed by atoms with E-state index in [-0.39, 0.29) is 24.9 Å². The molecule has 0 aliphatic rings. The molecule has 1 heterocycles. The Kier molecular flexibility index (Phi) is 4.98.